The Balaban J connectivity index is 2.03. The van der Waals surface area contributed by atoms with Crippen LogP contribution in [0, 0.1) is 0 Å². The highest BCUT2D eigenvalue weighted by molar-refractivity contribution is 5.16. The van der Waals surface area contributed by atoms with Gasteiger partial charge in [-0.2, -0.15) is 0 Å². The molecular formula is C15H22O3. The second-order valence-corrected chi connectivity index (χ2v) is 5.51. The first-order valence-electron chi connectivity index (χ1n) is 6.44. The average molecular weight is 250 g/mol. The molecule has 1 aromatic rings. The number of ether oxygens (including phenoxy) is 2. The summed E-state index contributed by atoms with van der Waals surface area (Å²) in [6, 6.07) is 10.2. The van der Waals surface area contributed by atoms with Crippen LogP contribution < -0.4 is 0 Å². The van der Waals surface area contributed by atoms with E-state index in [-0.39, 0.29) is 6.29 Å². The molecule has 0 aliphatic carbocycles. The van der Waals surface area contributed by atoms with Gasteiger partial charge in [0.1, 0.15) is 0 Å². The molecule has 0 radical (unpaired) electrons. The van der Waals surface area contributed by atoms with Crippen LogP contribution in [0.15, 0.2) is 30.3 Å². The van der Waals surface area contributed by atoms with E-state index in [1.165, 1.54) is 5.56 Å². The second-order valence-electron chi connectivity index (χ2n) is 5.51. The molecule has 1 fully saturated rings. The lowest BCUT2D eigenvalue weighted by atomic mass is 9.81. The molecule has 1 aliphatic heterocycles. The summed E-state index contributed by atoms with van der Waals surface area (Å²) in [5, 5.41) is 10.8. The molecule has 0 spiro atoms. The van der Waals surface area contributed by atoms with Crippen molar-refractivity contribution in [2.24, 2.45) is 0 Å². The van der Waals surface area contributed by atoms with Gasteiger partial charge in [-0.1, -0.05) is 30.3 Å². The molecule has 2 atom stereocenters. The van der Waals surface area contributed by atoms with Crippen molar-refractivity contribution in [2.45, 2.75) is 50.6 Å². The molecule has 0 saturated carbocycles. The number of aryl methyl sites for hydroxylation is 1. The highest BCUT2D eigenvalue weighted by Gasteiger charge is 2.52. The van der Waals surface area contributed by atoms with E-state index >= 15 is 0 Å². The van der Waals surface area contributed by atoms with Gasteiger partial charge >= 0.3 is 0 Å². The quantitative estimate of drug-likeness (QED) is 0.892. The molecular weight excluding hydrogens is 228 g/mol. The van der Waals surface area contributed by atoms with Gasteiger partial charge in [0, 0.05) is 13.5 Å². The standard InChI is InChI=1S/C15H22O3/c1-14(2)15(16,11-13(17-3)18-14)10-9-12-7-5-4-6-8-12/h4-8,13,16H,9-11H2,1-3H3. The molecule has 1 saturated heterocycles. The summed E-state index contributed by atoms with van der Waals surface area (Å²) >= 11 is 0. The smallest absolute Gasteiger partial charge is 0.160 e. The Kier molecular flexibility index (Phi) is 3.76. The molecule has 1 aromatic carbocycles. The minimum atomic E-state index is -0.830. The zero-order chi connectivity index (χ0) is 13.2. The third-order valence-corrected chi connectivity index (χ3v) is 3.98. The topological polar surface area (TPSA) is 38.7 Å². The zero-order valence-corrected chi connectivity index (χ0v) is 11.3. The fourth-order valence-electron chi connectivity index (χ4n) is 2.53. The van der Waals surface area contributed by atoms with E-state index in [1.807, 2.05) is 32.0 Å². The van der Waals surface area contributed by atoms with Crippen LogP contribution in [0.25, 0.3) is 0 Å². The lowest BCUT2D eigenvalue weighted by Gasteiger charge is -2.34. The number of benzene rings is 1. The van der Waals surface area contributed by atoms with E-state index in [0.717, 1.165) is 6.42 Å². The van der Waals surface area contributed by atoms with Crippen molar-refractivity contribution in [3.05, 3.63) is 35.9 Å². The molecule has 1 heterocycles. The van der Waals surface area contributed by atoms with Crippen LogP contribution in [-0.4, -0.2) is 29.7 Å². The van der Waals surface area contributed by atoms with Crippen molar-refractivity contribution in [2.75, 3.05) is 7.11 Å². The maximum atomic E-state index is 10.8. The molecule has 1 N–H and O–H groups in total. The lowest BCUT2D eigenvalue weighted by Crippen LogP contribution is -2.46. The van der Waals surface area contributed by atoms with Gasteiger partial charge in [0.25, 0.3) is 0 Å². The highest BCUT2D eigenvalue weighted by Crippen LogP contribution is 2.42. The Hall–Kier alpha value is -0.900. The van der Waals surface area contributed by atoms with Crippen LogP contribution in [0.3, 0.4) is 0 Å². The number of methoxy groups -OCH3 is 1. The van der Waals surface area contributed by atoms with Crippen LogP contribution in [0.2, 0.25) is 0 Å². The minimum absolute atomic E-state index is 0.305. The van der Waals surface area contributed by atoms with Crippen LogP contribution in [0.1, 0.15) is 32.3 Å². The molecule has 0 aromatic heterocycles. The summed E-state index contributed by atoms with van der Waals surface area (Å²) in [5.41, 5.74) is -0.158. The summed E-state index contributed by atoms with van der Waals surface area (Å²) < 4.78 is 10.9. The summed E-state index contributed by atoms with van der Waals surface area (Å²) in [6.45, 7) is 3.86. The van der Waals surface area contributed by atoms with Gasteiger partial charge in [0.2, 0.25) is 0 Å². The van der Waals surface area contributed by atoms with Gasteiger partial charge < -0.3 is 14.6 Å². The fraction of sp³-hybridized carbons (Fsp3) is 0.600. The summed E-state index contributed by atoms with van der Waals surface area (Å²) in [6.07, 6.45) is 1.76. The zero-order valence-electron chi connectivity index (χ0n) is 11.3. The molecule has 18 heavy (non-hydrogen) atoms. The Morgan fingerprint density at radius 1 is 1.33 bits per heavy atom. The van der Waals surface area contributed by atoms with Gasteiger partial charge in [0.15, 0.2) is 6.29 Å². The van der Waals surface area contributed by atoms with E-state index < -0.39 is 11.2 Å². The lowest BCUT2D eigenvalue weighted by molar-refractivity contribution is -0.165. The molecule has 0 amide bonds. The molecule has 2 unspecified atom stereocenters. The van der Waals surface area contributed by atoms with Gasteiger partial charge in [-0.05, 0) is 32.3 Å². The van der Waals surface area contributed by atoms with Crippen LogP contribution in [0.5, 0.6) is 0 Å². The third kappa shape index (κ3) is 2.58. The maximum Gasteiger partial charge on any atom is 0.160 e. The van der Waals surface area contributed by atoms with E-state index in [2.05, 4.69) is 12.1 Å². The maximum absolute atomic E-state index is 10.8. The summed E-state index contributed by atoms with van der Waals surface area (Å²) in [4.78, 5) is 0. The average Bonchev–Trinajstić information content (AvgIpc) is 2.59. The Labute approximate surface area is 109 Å². The molecule has 3 heteroatoms. The highest BCUT2D eigenvalue weighted by atomic mass is 16.7. The predicted octanol–water partition coefficient (Wildman–Crippen LogP) is 2.52. The molecule has 3 nitrogen and oxygen atoms in total. The SMILES string of the molecule is COC1CC(O)(CCc2ccccc2)C(C)(C)O1. The first kappa shape index (κ1) is 13.5. The van der Waals surface area contributed by atoms with Crippen LogP contribution in [0.4, 0.5) is 0 Å². The molecule has 0 bridgehead atoms. The van der Waals surface area contributed by atoms with E-state index in [4.69, 9.17) is 9.47 Å². The normalized spacial score (nSPS) is 30.6. The van der Waals surface area contributed by atoms with E-state index in [9.17, 15) is 5.11 Å². The van der Waals surface area contributed by atoms with Crippen molar-refractivity contribution in [1.29, 1.82) is 0 Å². The van der Waals surface area contributed by atoms with Crippen LogP contribution in [-0.2, 0) is 15.9 Å². The van der Waals surface area contributed by atoms with Crippen LogP contribution >= 0.6 is 0 Å². The molecule has 2 rings (SSSR count). The first-order valence-corrected chi connectivity index (χ1v) is 6.44. The molecule has 1 aliphatic rings. The molecule has 100 valence electrons. The first-order chi connectivity index (χ1) is 8.47. The predicted molar refractivity (Wildman–Crippen MR) is 70.3 cm³/mol. The Morgan fingerprint density at radius 2 is 2.00 bits per heavy atom. The van der Waals surface area contributed by atoms with Gasteiger partial charge in [-0.15, -0.1) is 0 Å². The Morgan fingerprint density at radius 3 is 2.56 bits per heavy atom. The van der Waals surface area contributed by atoms with E-state index in [0.29, 0.717) is 12.8 Å². The van der Waals surface area contributed by atoms with Crippen molar-refractivity contribution < 1.29 is 14.6 Å². The number of rotatable bonds is 4. The monoisotopic (exact) mass is 250 g/mol. The van der Waals surface area contributed by atoms with Crippen molar-refractivity contribution in [1.82, 2.24) is 0 Å². The van der Waals surface area contributed by atoms with E-state index in [1.54, 1.807) is 7.11 Å². The van der Waals surface area contributed by atoms with Crippen molar-refractivity contribution >= 4 is 0 Å². The number of hydrogen-bond donors (Lipinski definition) is 1. The van der Waals surface area contributed by atoms with Crippen molar-refractivity contribution in [3.63, 3.8) is 0 Å². The summed E-state index contributed by atoms with van der Waals surface area (Å²) in [7, 11) is 1.61. The number of aliphatic hydroxyl groups is 1. The fourth-order valence-corrected chi connectivity index (χ4v) is 2.53. The Bertz CT molecular complexity index is 388. The second kappa shape index (κ2) is 5.00. The number of hydrogen-bond acceptors (Lipinski definition) is 3. The minimum Gasteiger partial charge on any atom is -0.387 e. The summed E-state index contributed by atoms with van der Waals surface area (Å²) in [5.74, 6) is 0. The van der Waals surface area contributed by atoms with Gasteiger partial charge in [-0.25, -0.2) is 0 Å². The third-order valence-electron chi connectivity index (χ3n) is 3.98. The largest absolute Gasteiger partial charge is 0.387 e. The van der Waals surface area contributed by atoms with Gasteiger partial charge in [0.05, 0.1) is 11.2 Å². The van der Waals surface area contributed by atoms with Crippen molar-refractivity contribution in [3.8, 4) is 0 Å². The van der Waals surface area contributed by atoms with Gasteiger partial charge in [-0.3, -0.25) is 0 Å².